The van der Waals surface area contributed by atoms with Gasteiger partial charge in [0.25, 0.3) is 5.91 Å². The fraction of sp³-hybridized carbons (Fsp3) is 0.312. The van der Waals surface area contributed by atoms with Crippen LogP contribution in [0.3, 0.4) is 0 Å². The first-order chi connectivity index (χ1) is 11.6. The van der Waals surface area contributed by atoms with Crippen molar-refractivity contribution in [2.45, 2.75) is 25.5 Å². The Kier molecular flexibility index (Phi) is 4.45. The molecule has 7 nitrogen and oxygen atoms in total. The van der Waals surface area contributed by atoms with E-state index >= 15 is 0 Å². The van der Waals surface area contributed by atoms with Crippen LogP contribution < -0.4 is 4.74 Å². The van der Waals surface area contributed by atoms with E-state index in [4.69, 9.17) is 14.4 Å². The van der Waals surface area contributed by atoms with Crippen molar-refractivity contribution in [3.63, 3.8) is 0 Å². The number of carbonyl (C=O) groups is 2. The number of hydrogen-bond donors (Lipinski definition) is 1. The minimum absolute atomic E-state index is 0.00952. The molecule has 3 rings (SSSR count). The number of para-hydroxylation sites is 1. The van der Waals surface area contributed by atoms with Gasteiger partial charge < -0.3 is 19.3 Å². The van der Waals surface area contributed by atoms with E-state index in [9.17, 15) is 14.0 Å². The van der Waals surface area contributed by atoms with E-state index in [0.29, 0.717) is 19.4 Å². The Morgan fingerprint density at radius 3 is 2.96 bits per heavy atom. The molecule has 2 aromatic rings. The molecule has 1 aliphatic heterocycles. The lowest BCUT2D eigenvalue weighted by Crippen LogP contribution is -2.40. The number of likely N-dealkylation sites (tertiary alicyclic amines) is 1. The zero-order valence-electron chi connectivity index (χ0n) is 12.6. The van der Waals surface area contributed by atoms with Gasteiger partial charge in [0.05, 0.1) is 0 Å². The third-order valence-corrected chi connectivity index (χ3v) is 3.78. The van der Waals surface area contributed by atoms with Gasteiger partial charge in [-0.2, -0.15) is 0 Å². The molecule has 126 valence electrons. The Labute approximate surface area is 136 Å². The first-order valence-corrected chi connectivity index (χ1v) is 7.43. The number of carbonyl (C=O) groups excluding carboxylic acids is 1. The number of carboxylic acids is 1. The molecular weight excluding hydrogens is 319 g/mol. The molecule has 0 bridgehead atoms. The van der Waals surface area contributed by atoms with Gasteiger partial charge in [-0.3, -0.25) is 4.79 Å². The summed E-state index contributed by atoms with van der Waals surface area (Å²) in [7, 11) is 0. The molecule has 8 heteroatoms. The fourth-order valence-corrected chi connectivity index (χ4v) is 2.61. The first kappa shape index (κ1) is 16.0. The molecular formula is C16H15FN2O5. The van der Waals surface area contributed by atoms with E-state index in [0.717, 1.165) is 0 Å². The molecule has 2 heterocycles. The van der Waals surface area contributed by atoms with Crippen molar-refractivity contribution < 1.29 is 28.3 Å². The molecule has 0 aliphatic carbocycles. The molecule has 1 unspecified atom stereocenters. The number of hydrogen-bond acceptors (Lipinski definition) is 5. The summed E-state index contributed by atoms with van der Waals surface area (Å²) in [5.74, 6) is -1.73. The van der Waals surface area contributed by atoms with Gasteiger partial charge in [0.1, 0.15) is 12.6 Å². The van der Waals surface area contributed by atoms with E-state index in [2.05, 4.69) is 5.16 Å². The summed E-state index contributed by atoms with van der Waals surface area (Å²) in [6.07, 6.45) is 1.05. The molecule has 1 aromatic heterocycles. The van der Waals surface area contributed by atoms with Gasteiger partial charge in [0.15, 0.2) is 23.0 Å². The molecule has 1 atom stereocenters. The number of aliphatic carboxylic acids is 1. The standard InChI is InChI=1S/C16H15FN2O5/c17-11-4-1-2-6-14(11)23-9-10-8-12(18-24-10)15(20)19-7-3-5-13(19)16(21)22/h1-2,4,6,8,13H,3,5,7,9H2,(H,21,22). The van der Waals surface area contributed by atoms with E-state index in [-0.39, 0.29) is 23.8 Å². The monoisotopic (exact) mass is 334 g/mol. The summed E-state index contributed by atoms with van der Waals surface area (Å²) in [5.41, 5.74) is 0.00952. The maximum Gasteiger partial charge on any atom is 0.326 e. The van der Waals surface area contributed by atoms with E-state index in [1.165, 1.54) is 23.1 Å². The quantitative estimate of drug-likeness (QED) is 0.900. The average Bonchev–Trinajstić information content (AvgIpc) is 3.23. The number of halogens is 1. The second kappa shape index (κ2) is 6.69. The highest BCUT2D eigenvalue weighted by Crippen LogP contribution is 2.21. The molecule has 0 radical (unpaired) electrons. The van der Waals surface area contributed by atoms with Crippen LogP contribution in [0.4, 0.5) is 4.39 Å². The molecule has 1 fully saturated rings. The highest BCUT2D eigenvalue weighted by molar-refractivity contribution is 5.95. The molecule has 1 saturated heterocycles. The van der Waals surface area contributed by atoms with Crippen LogP contribution in [0.15, 0.2) is 34.9 Å². The fourth-order valence-electron chi connectivity index (χ4n) is 2.61. The zero-order chi connectivity index (χ0) is 17.1. The molecule has 0 spiro atoms. The minimum Gasteiger partial charge on any atom is -0.482 e. The first-order valence-electron chi connectivity index (χ1n) is 7.43. The second-order valence-electron chi connectivity index (χ2n) is 5.39. The Hall–Kier alpha value is -2.90. The van der Waals surface area contributed by atoms with Crippen molar-refractivity contribution in [2.24, 2.45) is 0 Å². The Bertz CT molecular complexity index is 760. The number of nitrogens with zero attached hydrogens (tertiary/aromatic N) is 2. The summed E-state index contributed by atoms with van der Waals surface area (Å²) in [6, 6.07) is 6.45. The number of carboxylic acid groups (broad SMARTS) is 1. The van der Waals surface area contributed by atoms with Crippen LogP contribution in [0.1, 0.15) is 29.1 Å². The van der Waals surface area contributed by atoms with Crippen molar-refractivity contribution in [1.29, 1.82) is 0 Å². The minimum atomic E-state index is -1.03. The Morgan fingerprint density at radius 2 is 2.21 bits per heavy atom. The van der Waals surface area contributed by atoms with E-state index < -0.39 is 23.7 Å². The van der Waals surface area contributed by atoms with Crippen molar-refractivity contribution in [3.8, 4) is 5.75 Å². The van der Waals surface area contributed by atoms with Crippen LogP contribution in [-0.2, 0) is 11.4 Å². The van der Waals surface area contributed by atoms with Crippen LogP contribution in [0.2, 0.25) is 0 Å². The van der Waals surface area contributed by atoms with Gasteiger partial charge in [0.2, 0.25) is 0 Å². The average molecular weight is 334 g/mol. The molecule has 1 amide bonds. The molecule has 1 aromatic carbocycles. The van der Waals surface area contributed by atoms with Crippen molar-refractivity contribution in [1.82, 2.24) is 10.1 Å². The molecule has 0 saturated carbocycles. The highest BCUT2D eigenvalue weighted by Gasteiger charge is 2.35. The van der Waals surface area contributed by atoms with Gasteiger partial charge in [-0.05, 0) is 25.0 Å². The maximum absolute atomic E-state index is 13.5. The predicted octanol–water partition coefficient (Wildman–Crippen LogP) is 2.08. The lowest BCUT2D eigenvalue weighted by atomic mass is 10.2. The highest BCUT2D eigenvalue weighted by atomic mass is 19.1. The Balaban J connectivity index is 1.66. The van der Waals surface area contributed by atoms with Gasteiger partial charge in [-0.15, -0.1) is 0 Å². The lowest BCUT2D eigenvalue weighted by Gasteiger charge is -2.19. The number of rotatable bonds is 5. The third-order valence-electron chi connectivity index (χ3n) is 3.78. The van der Waals surface area contributed by atoms with Crippen LogP contribution in [0.5, 0.6) is 5.75 Å². The number of ether oxygens (including phenoxy) is 1. The number of aromatic nitrogens is 1. The molecule has 1 aliphatic rings. The summed E-state index contributed by atoms with van der Waals surface area (Å²) < 4.78 is 23.7. The summed E-state index contributed by atoms with van der Waals surface area (Å²) in [4.78, 5) is 24.8. The normalized spacial score (nSPS) is 17.0. The van der Waals surface area contributed by atoms with Gasteiger partial charge in [-0.1, -0.05) is 17.3 Å². The maximum atomic E-state index is 13.5. The Morgan fingerprint density at radius 1 is 1.42 bits per heavy atom. The largest absolute Gasteiger partial charge is 0.482 e. The smallest absolute Gasteiger partial charge is 0.326 e. The van der Waals surface area contributed by atoms with Crippen molar-refractivity contribution in [3.05, 3.63) is 47.6 Å². The van der Waals surface area contributed by atoms with Gasteiger partial charge >= 0.3 is 5.97 Å². The van der Waals surface area contributed by atoms with Gasteiger partial charge in [-0.25, -0.2) is 9.18 Å². The predicted molar refractivity (Wildman–Crippen MR) is 78.9 cm³/mol. The van der Waals surface area contributed by atoms with Crippen LogP contribution in [0, 0.1) is 5.82 Å². The third kappa shape index (κ3) is 3.22. The summed E-state index contributed by atoms with van der Waals surface area (Å²) >= 11 is 0. The molecule has 24 heavy (non-hydrogen) atoms. The van der Waals surface area contributed by atoms with Crippen molar-refractivity contribution >= 4 is 11.9 Å². The van der Waals surface area contributed by atoms with Crippen LogP contribution >= 0.6 is 0 Å². The van der Waals surface area contributed by atoms with E-state index in [1.54, 1.807) is 12.1 Å². The number of amides is 1. The van der Waals surface area contributed by atoms with Crippen molar-refractivity contribution in [2.75, 3.05) is 6.54 Å². The molecule has 1 N–H and O–H groups in total. The summed E-state index contributed by atoms with van der Waals surface area (Å²) in [5, 5.41) is 12.8. The zero-order valence-corrected chi connectivity index (χ0v) is 12.6. The summed E-state index contributed by atoms with van der Waals surface area (Å²) in [6.45, 7) is 0.271. The SMILES string of the molecule is O=C(O)C1CCCN1C(=O)c1cc(COc2ccccc2F)on1. The van der Waals surface area contributed by atoms with Crippen LogP contribution in [-0.4, -0.2) is 39.6 Å². The van der Waals surface area contributed by atoms with Gasteiger partial charge in [0, 0.05) is 12.6 Å². The number of benzene rings is 1. The van der Waals surface area contributed by atoms with Crippen LogP contribution in [0.25, 0.3) is 0 Å². The van der Waals surface area contributed by atoms with E-state index in [1.807, 2.05) is 0 Å². The lowest BCUT2D eigenvalue weighted by molar-refractivity contribution is -0.141. The second-order valence-corrected chi connectivity index (χ2v) is 5.39. The topological polar surface area (TPSA) is 92.9 Å².